The number of rotatable bonds is 18. The zero-order chi connectivity index (χ0) is 44.5. The molecule has 6 unspecified atom stereocenters. The molecule has 0 saturated carbocycles. The molecule has 0 aliphatic heterocycles. The van der Waals surface area contributed by atoms with Crippen molar-refractivity contribution in [2.75, 3.05) is 0 Å². The van der Waals surface area contributed by atoms with Crippen molar-refractivity contribution in [2.45, 2.75) is 153 Å². The quantitative estimate of drug-likeness (QED) is 0.114. The van der Waals surface area contributed by atoms with E-state index in [9.17, 15) is 27.0 Å². The van der Waals surface area contributed by atoms with Gasteiger partial charge in [-0.05, 0) is 137 Å². The molecule has 0 bridgehead atoms. The van der Waals surface area contributed by atoms with Crippen LogP contribution >= 0.6 is 0 Å². The van der Waals surface area contributed by atoms with Gasteiger partial charge in [-0.1, -0.05) is 149 Å². The van der Waals surface area contributed by atoms with E-state index in [1.54, 1.807) is 72.8 Å². The zero-order valence-corrected chi connectivity index (χ0v) is 39.5. The van der Waals surface area contributed by atoms with Crippen LogP contribution in [0.2, 0.25) is 0 Å². The minimum atomic E-state index is -3.95. The van der Waals surface area contributed by atoms with Crippen molar-refractivity contribution in [2.24, 2.45) is 22.7 Å². The summed E-state index contributed by atoms with van der Waals surface area (Å²) in [6.07, 6.45) is 20.3. The Bertz CT molecular complexity index is 2040. The normalized spacial score (nSPS) is 21.4. The minimum Gasteiger partial charge on any atom is -0.391 e. The second-order valence-electron chi connectivity index (χ2n) is 18.9. The molecule has 0 fully saturated rings. The average Bonchev–Trinajstić information content (AvgIpc) is 3.19. The molecule has 0 amide bonds. The standard InChI is InChI=1S/C52H72O6S2/c1-37(29-31-45-39(3)23-19-33-51(45,7)8)35-47(59(55,56)43-25-13-11-14-26-43)49(53)41(5)21-17-18-22-42(6)50(54)48(60(57,58)44-27-15-12-16-28-44)36-38(2)30-32-46-40(4)24-20-34-52(46,9)10/h11-18,25-32,35-36,41-42,47-50,53-54H,19-24,33-34H2,1-10H3. The number of allylic oxidation sites excluding steroid dienone is 12. The third-order valence-electron chi connectivity index (χ3n) is 12.8. The van der Waals surface area contributed by atoms with Gasteiger partial charge < -0.3 is 10.2 Å². The Morgan fingerprint density at radius 1 is 0.617 bits per heavy atom. The van der Waals surface area contributed by atoms with Gasteiger partial charge in [-0.15, -0.1) is 0 Å². The monoisotopic (exact) mass is 856 g/mol. The summed E-state index contributed by atoms with van der Waals surface area (Å²) in [5, 5.41) is 21.2. The molecular formula is C52H72O6S2. The highest BCUT2D eigenvalue weighted by Gasteiger charge is 2.37. The van der Waals surface area contributed by atoms with Crippen molar-refractivity contribution in [1.82, 2.24) is 0 Å². The lowest BCUT2D eigenvalue weighted by molar-refractivity contribution is 0.121. The van der Waals surface area contributed by atoms with Crippen LogP contribution in [0.1, 0.15) is 121 Å². The first-order valence-electron chi connectivity index (χ1n) is 21.8. The second kappa shape index (κ2) is 21.0. The van der Waals surface area contributed by atoms with Gasteiger partial charge in [0.25, 0.3) is 0 Å². The largest absolute Gasteiger partial charge is 0.391 e. The first-order valence-corrected chi connectivity index (χ1v) is 24.9. The van der Waals surface area contributed by atoms with Crippen LogP contribution in [0, 0.1) is 22.7 Å². The highest BCUT2D eigenvalue weighted by molar-refractivity contribution is 7.92. The molecule has 2 aromatic rings. The fraction of sp³-hybridized carbons (Fsp3) is 0.500. The van der Waals surface area contributed by atoms with E-state index in [0.717, 1.165) is 49.7 Å². The molecule has 0 saturated heterocycles. The molecule has 8 heteroatoms. The lowest BCUT2D eigenvalue weighted by Crippen LogP contribution is -2.37. The molecule has 328 valence electrons. The summed E-state index contributed by atoms with van der Waals surface area (Å²) in [5.74, 6) is -0.867. The number of hydrogen-bond donors (Lipinski definition) is 2. The highest BCUT2D eigenvalue weighted by Crippen LogP contribution is 2.42. The van der Waals surface area contributed by atoms with Crippen molar-refractivity contribution in [3.63, 3.8) is 0 Å². The van der Waals surface area contributed by atoms with Crippen molar-refractivity contribution in [3.8, 4) is 0 Å². The number of sulfone groups is 2. The first-order chi connectivity index (χ1) is 28.1. The minimum absolute atomic E-state index is 0.0376. The van der Waals surface area contributed by atoms with Gasteiger partial charge >= 0.3 is 0 Å². The maximum atomic E-state index is 14.1. The van der Waals surface area contributed by atoms with E-state index in [0.29, 0.717) is 12.8 Å². The second-order valence-corrected chi connectivity index (χ2v) is 23.1. The van der Waals surface area contributed by atoms with Gasteiger partial charge in [0.15, 0.2) is 19.7 Å². The molecule has 0 heterocycles. The number of aliphatic hydroxyl groups excluding tert-OH is 2. The average molecular weight is 857 g/mol. The van der Waals surface area contributed by atoms with E-state index in [2.05, 4.69) is 53.7 Å². The lowest BCUT2D eigenvalue weighted by Gasteiger charge is -2.33. The van der Waals surface area contributed by atoms with Crippen LogP contribution in [-0.2, 0) is 19.7 Å². The van der Waals surface area contributed by atoms with Crippen LogP contribution in [0.5, 0.6) is 0 Å². The molecule has 0 aromatic heterocycles. The first kappa shape index (κ1) is 49.1. The van der Waals surface area contributed by atoms with Crippen LogP contribution in [0.3, 0.4) is 0 Å². The van der Waals surface area contributed by atoms with E-state index >= 15 is 0 Å². The van der Waals surface area contributed by atoms with Crippen molar-refractivity contribution >= 4 is 19.7 Å². The molecule has 6 atom stereocenters. The van der Waals surface area contributed by atoms with Gasteiger partial charge in [0.05, 0.1) is 22.0 Å². The molecule has 2 aromatic carbocycles. The fourth-order valence-electron chi connectivity index (χ4n) is 8.91. The van der Waals surface area contributed by atoms with Crippen LogP contribution in [0.25, 0.3) is 0 Å². The van der Waals surface area contributed by atoms with Gasteiger partial charge in [0, 0.05) is 0 Å². The van der Waals surface area contributed by atoms with E-state index in [1.165, 1.54) is 22.3 Å². The zero-order valence-electron chi connectivity index (χ0n) is 37.9. The molecule has 60 heavy (non-hydrogen) atoms. The lowest BCUT2D eigenvalue weighted by atomic mass is 9.72. The summed E-state index contributed by atoms with van der Waals surface area (Å²) in [6.45, 7) is 20.8. The van der Waals surface area contributed by atoms with Gasteiger partial charge in [-0.3, -0.25) is 0 Å². The molecule has 2 aliphatic carbocycles. The van der Waals surface area contributed by atoms with E-state index in [-0.39, 0.29) is 20.6 Å². The SMILES string of the molecule is CC(C=CC1=C(C)CCCC1(C)C)=CC(C(O)C(C)CC=CCC(C)C(O)C(C=C(C)C=CC1=C(C)CCCC1(C)C)S(=O)(=O)c1ccccc1)S(=O)(=O)c1ccccc1. The van der Waals surface area contributed by atoms with E-state index in [1.807, 2.05) is 52.0 Å². The number of aliphatic hydroxyl groups is 2. The Morgan fingerprint density at radius 3 is 1.27 bits per heavy atom. The van der Waals surface area contributed by atoms with Crippen molar-refractivity contribution < 1.29 is 27.0 Å². The number of hydrogen-bond acceptors (Lipinski definition) is 6. The summed E-state index contributed by atoms with van der Waals surface area (Å²) in [7, 11) is -7.89. The van der Waals surface area contributed by atoms with Gasteiger partial charge in [-0.25, -0.2) is 16.8 Å². The van der Waals surface area contributed by atoms with Crippen LogP contribution in [-0.4, -0.2) is 49.8 Å². The molecular weight excluding hydrogens is 785 g/mol. The topological polar surface area (TPSA) is 109 Å². The maximum absolute atomic E-state index is 14.1. The number of benzene rings is 2. The molecule has 2 N–H and O–H groups in total. The molecule has 4 rings (SSSR count). The Kier molecular flexibility index (Phi) is 17.2. The predicted octanol–water partition coefficient (Wildman–Crippen LogP) is 12.1. The summed E-state index contributed by atoms with van der Waals surface area (Å²) < 4.78 is 56.5. The third kappa shape index (κ3) is 12.5. The summed E-state index contributed by atoms with van der Waals surface area (Å²) in [4.78, 5) is 0.314. The molecule has 0 spiro atoms. The predicted molar refractivity (Wildman–Crippen MR) is 250 cm³/mol. The van der Waals surface area contributed by atoms with E-state index in [4.69, 9.17) is 0 Å². The van der Waals surface area contributed by atoms with Gasteiger partial charge in [0.2, 0.25) is 0 Å². The van der Waals surface area contributed by atoms with Crippen molar-refractivity contribution in [3.05, 3.63) is 143 Å². The Morgan fingerprint density at radius 2 is 0.950 bits per heavy atom. The maximum Gasteiger partial charge on any atom is 0.187 e. The Hall–Kier alpha value is -3.56. The van der Waals surface area contributed by atoms with Crippen LogP contribution < -0.4 is 0 Å². The molecule has 2 aliphatic rings. The van der Waals surface area contributed by atoms with Gasteiger partial charge in [-0.2, -0.15) is 0 Å². The summed E-state index contributed by atoms with van der Waals surface area (Å²) in [6, 6.07) is 16.6. The summed E-state index contributed by atoms with van der Waals surface area (Å²) in [5.41, 5.74) is 6.86. The molecule has 6 nitrogen and oxygen atoms in total. The smallest absolute Gasteiger partial charge is 0.187 e. The van der Waals surface area contributed by atoms with E-state index < -0.39 is 54.2 Å². The molecule has 0 radical (unpaired) electrons. The third-order valence-corrected chi connectivity index (χ3v) is 17.0. The summed E-state index contributed by atoms with van der Waals surface area (Å²) >= 11 is 0. The Labute approximate surface area is 363 Å². The fourth-order valence-corrected chi connectivity index (χ4v) is 12.7. The van der Waals surface area contributed by atoms with Crippen LogP contribution in [0.4, 0.5) is 0 Å². The Balaban J connectivity index is 1.54. The highest BCUT2D eigenvalue weighted by atomic mass is 32.2. The van der Waals surface area contributed by atoms with Crippen LogP contribution in [0.15, 0.2) is 153 Å². The van der Waals surface area contributed by atoms with Gasteiger partial charge in [0.1, 0.15) is 10.5 Å². The van der Waals surface area contributed by atoms with Crippen molar-refractivity contribution in [1.29, 1.82) is 0 Å².